The smallest absolute Gasteiger partial charge is 0.414 e. The SMILES string of the molecule is O=C(OCc1ccccc1Cl)N1C=c2scnc2=CC1. The topological polar surface area (TPSA) is 42.4 Å². The fraction of sp³-hybridized carbons (Fsp3) is 0.143. The Labute approximate surface area is 124 Å². The molecule has 0 unspecified atom stereocenters. The number of benzene rings is 1. The van der Waals surface area contributed by atoms with Crippen molar-refractivity contribution in [2.24, 2.45) is 0 Å². The van der Waals surface area contributed by atoms with E-state index in [1.807, 2.05) is 24.3 Å². The summed E-state index contributed by atoms with van der Waals surface area (Å²) in [5.74, 6) is 0. The summed E-state index contributed by atoms with van der Waals surface area (Å²) in [6.07, 6.45) is 3.28. The molecule has 0 bridgehead atoms. The van der Waals surface area contributed by atoms with Crippen molar-refractivity contribution < 1.29 is 9.53 Å². The average Bonchev–Trinajstić information content (AvgIpc) is 2.93. The largest absolute Gasteiger partial charge is 0.444 e. The van der Waals surface area contributed by atoms with Gasteiger partial charge in [0.05, 0.1) is 15.4 Å². The molecular formula is C14H11ClN2O2S. The van der Waals surface area contributed by atoms with Crippen LogP contribution in [0.1, 0.15) is 5.56 Å². The summed E-state index contributed by atoms with van der Waals surface area (Å²) in [5, 5.41) is 1.52. The molecule has 0 aliphatic carbocycles. The Hall–Kier alpha value is -1.85. The molecule has 0 spiro atoms. The van der Waals surface area contributed by atoms with Gasteiger partial charge in [0.25, 0.3) is 0 Å². The number of ether oxygens (including phenoxy) is 1. The molecule has 1 aliphatic rings. The van der Waals surface area contributed by atoms with Gasteiger partial charge in [-0.15, -0.1) is 11.3 Å². The molecule has 6 heteroatoms. The zero-order valence-electron chi connectivity index (χ0n) is 10.5. The number of aromatic nitrogens is 1. The van der Waals surface area contributed by atoms with Gasteiger partial charge in [0.1, 0.15) is 6.61 Å². The molecule has 0 saturated carbocycles. The molecule has 1 aromatic carbocycles. The fourth-order valence-corrected chi connectivity index (χ4v) is 2.77. The van der Waals surface area contributed by atoms with Crippen molar-refractivity contribution >= 4 is 41.3 Å². The normalized spacial score (nSPS) is 13.2. The molecular weight excluding hydrogens is 296 g/mol. The number of nitrogens with zero attached hydrogens (tertiary/aromatic N) is 2. The van der Waals surface area contributed by atoms with Gasteiger partial charge in [-0.05, 0) is 12.1 Å². The van der Waals surface area contributed by atoms with Crippen LogP contribution in [-0.2, 0) is 11.3 Å². The highest BCUT2D eigenvalue weighted by atomic mass is 35.5. The Morgan fingerprint density at radius 1 is 1.45 bits per heavy atom. The zero-order valence-corrected chi connectivity index (χ0v) is 12.0. The molecule has 1 aromatic heterocycles. The molecule has 4 nitrogen and oxygen atoms in total. The Morgan fingerprint density at radius 3 is 3.15 bits per heavy atom. The number of hydrogen-bond donors (Lipinski definition) is 0. The van der Waals surface area contributed by atoms with Crippen LogP contribution in [0.4, 0.5) is 4.79 Å². The lowest BCUT2D eigenvalue weighted by atomic mass is 10.2. The summed E-state index contributed by atoms with van der Waals surface area (Å²) in [6.45, 7) is 0.635. The van der Waals surface area contributed by atoms with Crippen LogP contribution >= 0.6 is 22.9 Å². The Balaban J connectivity index is 1.68. The summed E-state index contributed by atoms with van der Waals surface area (Å²) >= 11 is 7.52. The van der Waals surface area contributed by atoms with Crippen molar-refractivity contribution in [1.29, 1.82) is 0 Å². The summed E-state index contributed by atoms with van der Waals surface area (Å²) in [7, 11) is 0. The summed E-state index contributed by atoms with van der Waals surface area (Å²) in [4.78, 5) is 17.7. The van der Waals surface area contributed by atoms with Crippen LogP contribution in [0.15, 0.2) is 29.8 Å². The monoisotopic (exact) mass is 306 g/mol. The third-order valence-electron chi connectivity index (χ3n) is 2.92. The number of rotatable bonds is 2. The summed E-state index contributed by atoms with van der Waals surface area (Å²) in [6, 6.07) is 7.31. The minimum Gasteiger partial charge on any atom is -0.444 e. The standard InChI is InChI=1S/C14H11ClN2O2S/c15-11-4-2-1-3-10(11)8-19-14(18)17-6-5-12-13(7-17)20-9-16-12/h1-5,7,9H,6,8H2. The van der Waals surface area contributed by atoms with Crippen LogP contribution in [-0.4, -0.2) is 22.5 Å². The van der Waals surface area contributed by atoms with Crippen molar-refractivity contribution in [3.8, 4) is 0 Å². The van der Waals surface area contributed by atoms with E-state index in [-0.39, 0.29) is 12.7 Å². The van der Waals surface area contributed by atoms with Crippen LogP contribution in [0.2, 0.25) is 5.02 Å². The highest BCUT2D eigenvalue weighted by Gasteiger charge is 2.15. The Morgan fingerprint density at radius 2 is 2.30 bits per heavy atom. The highest BCUT2D eigenvalue weighted by molar-refractivity contribution is 7.07. The van der Waals surface area contributed by atoms with E-state index < -0.39 is 0 Å². The number of carbonyl (C=O) groups excluding carboxylic acids is 1. The quantitative estimate of drug-likeness (QED) is 0.852. The predicted molar refractivity (Wildman–Crippen MR) is 78.6 cm³/mol. The van der Waals surface area contributed by atoms with Gasteiger partial charge in [0.2, 0.25) is 0 Å². The second-order valence-corrected chi connectivity index (χ2v) is 5.53. The van der Waals surface area contributed by atoms with Gasteiger partial charge >= 0.3 is 6.09 Å². The molecule has 1 aliphatic heterocycles. The van der Waals surface area contributed by atoms with Crippen molar-refractivity contribution in [3.63, 3.8) is 0 Å². The van der Waals surface area contributed by atoms with Crippen LogP contribution < -0.4 is 9.88 Å². The lowest BCUT2D eigenvalue weighted by Gasteiger charge is -2.17. The molecule has 1 amide bonds. The van der Waals surface area contributed by atoms with E-state index in [1.54, 1.807) is 17.8 Å². The minimum absolute atomic E-state index is 0.165. The zero-order chi connectivity index (χ0) is 13.9. The van der Waals surface area contributed by atoms with Gasteiger partial charge in [0, 0.05) is 23.3 Å². The maximum Gasteiger partial charge on any atom is 0.414 e. The van der Waals surface area contributed by atoms with Crippen molar-refractivity contribution in [3.05, 3.63) is 50.2 Å². The number of halogens is 1. The van der Waals surface area contributed by atoms with Crippen LogP contribution in [0.25, 0.3) is 12.3 Å². The van der Waals surface area contributed by atoms with Gasteiger partial charge in [-0.1, -0.05) is 29.8 Å². The molecule has 0 saturated heterocycles. The molecule has 0 radical (unpaired) electrons. The molecule has 102 valence electrons. The second kappa shape index (κ2) is 5.64. The van der Waals surface area contributed by atoms with Gasteiger partial charge in [-0.3, -0.25) is 4.90 Å². The van der Waals surface area contributed by atoms with Crippen molar-refractivity contribution in [1.82, 2.24) is 9.88 Å². The first-order valence-corrected chi connectivity index (χ1v) is 7.28. The first-order valence-electron chi connectivity index (χ1n) is 6.02. The molecule has 0 N–H and O–H groups in total. The molecule has 20 heavy (non-hydrogen) atoms. The average molecular weight is 307 g/mol. The maximum absolute atomic E-state index is 12.0. The van der Waals surface area contributed by atoms with Crippen LogP contribution in [0.3, 0.4) is 0 Å². The predicted octanol–water partition coefficient (Wildman–Crippen LogP) is 1.97. The van der Waals surface area contributed by atoms with E-state index in [4.69, 9.17) is 16.3 Å². The third kappa shape index (κ3) is 2.69. The molecule has 3 rings (SSSR count). The van der Waals surface area contributed by atoms with E-state index in [0.29, 0.717) is 11.6 Å². The van der Waals surface area contributed by atoms with Crippen LogP contribution in [0.5, 0.6) is 0 Å². The van der Waals surface area contributed by atoms with E-state index >= 15 is 0 Å². The van der Waals surface area contributed by atoms with Gasteiger partial charge < -0.3 is 4.74 Å². The first-order chi connectivity index (χ1) is 9.74. The highest BCUT2D eigenvalue weighted by Crippen LogP contribution is 2.16. The molecule has 2 aromatic rings. The fourth-order valence-electron chi connectivity index (χ4n) is 1.86. The molecule has 2 heterocycles. The number of fused-ring (bicyclic) bond motifs is 1. The van der Waals surface area contributed by atoms with Gasteiger partial charge in [0.15, 0.2) is 0 Å². The van der Waals surface area contributed by atoms with E-state index in [1.165, 1.54) is 16.2 Å². The first kappa shape index (κ1) is 13.1. The molecule has 0 fully saturated rings. The Bertz CT molecular complexity index is 757. The number of thiazole rings is 1. The maximum atomic E-state index is 12.0. The van der Waals surface area contributed by atoms with E-state index in [2.05, 4.69) is 4.98 Å². The summed E-state index contributed by atoms with van der Waals surface area (Å²) in [5.41, 5.74) is 2.55. The summed E-state index contributed by atoms with van der Waals surface area (Å²) < 4.78 is 6.24. The lowest BCUT2D eigenvalue weighted by molar-refractivity contribution is 0.118. The second-order valence-electron chi connectivity index (χ2n) is 4.23. The Kier molecular flexibility index (Phi) is 3.71. The number of amides is 1. The van der Waals surface area contributed by atoms with Gasteiger partial charge in [-0.25, -0.2) is 9.78 Å². The third-order valence-corrected chi connectivity index (χ3v) is 4.07. The van der Waals surface area contributed by atoms with Gasteiger partial charge in [-0.2, -0.15) is 0 Å². The van der Waals surface area contributed by atoms with Crippen molar-refractivity contribution in [2.45, 2.75) is 6.61 Å². The van der Waals surface area contributed by atoms with Crippen LogP contribution in [0, 0.1) is 0 Å². The van der Waals surface area contributed by atoms with Crippen molar-refractivity contribution in [2.75, 3.05) is 6.54 Å². The number of hydrogen-bond acceptors (Lipinski definition) is 4. The van der Waals surface area contributed by atoms with E-state index in [9.17, 15) is 4.79 Å². The minimum atomic E-state index is -0.389. The molecule has 0 atom stereocenters. The lowest BCUT2D eigenvalue weighted by Crippen LogP contribution is -2.37. The van der Waals surface area contributed by atoms with E-state index in [0.717, 1.165) is 15.4 Å². The number of carbonyl (C=O) groups is 1.